The molecule has 24 heavy (non-hydrogen) atoms. The standard InChI is InChI=1S/C20H26N2OSi/c1-4-19(15-20(23)18-13-9-6-10-14-18)21-22(24(2)3)16-17-11-7-5-8-12-17/h5-14,24H,4,15-16H2,1-3H3. The van der Waals surface area contributed by atoms with Crippen LogP contribution in [0.4, 0.5) is 0 Å². The van der Waals surface area contributed by atoms with Gasteiger partial charge in [-0.3, -0.25) is 4.79 Å². The summed E-state index contributed by atoms with van der Waals surface area (Å²) in [5.41, 5.74) is 2.98. The third-order valence-electron chi connectivity index (χ3n) is 3.92. The molecule has 0 aliphatic carbocycles. The van der Waals surface area contributed by atoms with Gasteiger partial charge in [0, 0.05) is 11.3 Å². The summed E-state index contributed by atoms with van der Waals surface area (Å²) in [6.07, 6.45) is 1.19. The first-order chi connectivity index (χ1) is 11.6. The minimum atomic E-state index is -1.11. The maximum absolute atomic E-state index is 12.4. The van der Waals surface area contributed by atoms with E-state index in [0.29, 0.717) is 6.42 Å². The summed E-state index contributed by atoms with van der Waals surface area (Å²) in [6, 6.07) is 19.9. The van der Waals surface area contributed by atoms with Crippen molar-refractivity contribution >= 4 is 20.5 Å². The van der Waals surface area contributed by atoms with Gasteiger partial charge >= 0.3 is 0 Å². The van der Waals surface area contributed by atoms with Gasteiger partial charge in [-0.1, -0.05) is 80.7 Å². The highest BCUT2D eigenvalue weighted by Crippen LogP contribution is 2.11. The lowest BCUT2D eigenvalue weighted by molar-refractivity contribution is 0.1000. The zero-order valence-corrected chi connectivity index (χ0v) is 15.9. The molecule has 0 radical (unpaired) electrons. The van der Waals surface area contributed by atoms with Crippen molar-refractivity contribution in [2.24, 2.45) is 5.10 Å². The molecule has 0 heterocycles. The minimum absolute atomic E-state index is 0.140. The van der Waals surface area contributed by atoms with E-state index in [4.69, 9.17) is 5.10 Å². The van der Waals surface area contributed by atoms with Crippen LogP contribution in [0.15, 0.2) is 65.8 Å². The van der Waals surface area contributed by atoms with Gasteiger partial charge in [0.15, 0.2) is 14.7 Å². The van der Waals surface area contributed by atoms with Crippen molar-refractivity contribution < 1.29 is 4.79 Å². The molecule has 0 N–H and O–H groups in total. The molecule has 0 fully saturated rings. The van der Waals surface area contributed by atoms with E-state index in [1.54, 1.807) is 0 Å². The van der Waals surface area contributed by atoms with Crippen molar-refractivity contribution in [3.63, 3.8) is 0 Å². The van der Waals surface area contributed by atoms with E-state index in [0.717, 1.165) is 24.2 Å². The second-order valence-corrected chi connectivity index (χ2v) is 8.95. The normalized spacial score (nSPS) is 11.6. The fourth-order valence-electron chi connectivity index (χ4n) is 2.43. The molecule has 0 aliphatic rings. The monoisotopic (exact) mass is 338 g/mol. The van der Waals surface area contributed by atoms with Crippen molar-refractivity contribution in [2.75, 3.05) is 0 Å². The number of hydrogen-bond acceptors (Lipinski definition) is 3. The van der Waals surface area contributed by atoms with Crippen LogP contribution >= 0.6 is 0 Å². The lowest BCUT2D eigenvalue weighted by Gasteiger charge is -2.24. The molecular formula is C20H26N2OSi. The predicted molar refractivity (Wildman–Crippen MR) is 104 cm³/mol. The van der Waals surface area contributed by atoms with Crippen LogP contribution in [0.2, 0.25) is 13.1 Å². The van der Waals surface area contributed by atoms with Gasteiger partial charge in [0.25, 0.3) is 0 Å². The summed E-state index contributed by atoms with van der Waals surface area (Å²) in [7, 11) is -1.11. The summed E-state index contributed by atoms with van der Waals surface area (Å²) >= 11 is 0. The van der Waals surface area contributed by atoms with Gasteiger partial charge in [-0.2, -0.15) is 5.10 Å². The second kappa shape index (κ2) is 9.18. The summed E-state index contributed by atoms with van der Waals surface area (Å²) in [5.74, 6) is 0.140. The number of hydrogen-bond donors (Lipinski definition) is 0. The molecule has 0 saturated heterocycles. The Kier molecular flexibility index (Phi) is 6.94. The SMILES string of the molecule is CCC(CC(=O)c1ccccc1)=NN(Cc1ccccc1)[SiH](C)C. The summed E-state index contributed by atoms with van der Waals surface area (Å²) < 4.78 is 2.20. The van der Waals surface area contributed by atoms with E-state index >= 15 is 0 Å². The molecular weight excluding hydrogens is 312 g/mol. The van der Waals surface area contributed by atoms with Crippen LogP contribution in [0.25, 0.3) is 0 Å². The molecule has 0 spiro atoms. The molecule has 0 bridgehead atoms. The lowest BCUT2D eigenvalue weighted by Crippen LogP contribution is -2.30. The van der Waals surface area contributed by atoms with Gasteiger partial charge < -0.3 is 4.67 Å². The van der Waals surface area contributed by atoms with Gasteiger partial charge in [-0.05, 0) is 12.0 Å². The highest BCUT2D eigenvalue weighted by molar-refractivity contribution is 6.52. The van der Waals surface area contributed by atoms with E-state index in [9.17, 15) is 4.79 Å². The molecule has 0 unspecified atom stereocenters. The van der Waals surface area contributed by atoms with Crippen LogP contribution in [0.5, 0.6) is 0 Å². The maximum Gasteiger partial charge on any atom is 0.168 e. The Labute approximate surface area is 146 Å². The number of nitrogens with zero attached hydrogens (tertiary/aromatic N) is 2. The van der Waals surface area contributed by atoms with E-state index in [2.05, 4.69) is 49.0 Å². The Bertz CT molecular complexity index is 669. The number of carbonyl (C=O) groups is 1. The molecule has 126 valence electrons. The number of hydrazone groups is 1. The van der Waals surface area contributed by atoms with Crippen LogP contribution in [-0.2, 0) is 6.54 Å². The predicted octanol–water partition coefficient (Wildman–Crippen LogP) is 4.51. The molecule has 0 amide bonds. The van der Waals surface area contributed by atoms with E-state index < -0.39 is 8.96 Å². The number of rotatable bonds is 8. The summed E-state index contributed by atoms with van der Waals surface area (Å²) in [6.45, 7) is 7.41. The van der Waals surface area contributed by atoms with Crippen molar-refractivity contribution in [1.29, 1.82) is 0 Å². The van der Waals surface area contributed by atoms with Crippen LogP contribution in [0.3, 0.4) is 0 Å². The zero-order valence-electron chi connectivity index (χ0n) is 14.8. The van der Waals surface area contributed by atoms with Crippen LogP contribution in [-0.4, -0.2) is 25.1 Å². The summed E-state index contributed by atoms with van der Waals surface area (Å²) in [4.78, 5) is 12.4. The fourth-order valence-corrected chi connectivity index (χ4v) is 3.40. The number of carbonyl (C=O) groups excluding carboxylic acids is 1. The highest BCUT2D eigenvalue weighted by atomic mass is 28.3. The molecule has 2 aromatic carbocycles. The third kappa shape index (κ3) is 5.46. The quantitative estimate of drug-likeness (QED) is 0.307. The van der Waals surface area contributed by atoms with Crippen molar-refractivity contribution in [2.45, 2.75) is 39.4 Å². The Hall–Kier alpha value is -2.20. The number of Topliss-reactive ketones (excluding diaryl/α,β-unsaturated/α-hetero) is 1. The molecule has 0 atom stereocenters. The highest BCUT2D eigenvalue weighted by Gasteiger charge is 2.13. The molecule has 4 heteroatoms. The van der Waals surface area contributed by atoms with Crippen molar-refractivity contribution in [1.82, 2.24) is 4.67 Å². The first kappa shape index (κ1) is 18.1. The van der Waals surface area contributed by atoms with Gasteiger partial charge in [0.05, 0.1) is 13.0 Å². The first-order valence-corrected chi connectivity index (χ1v) is 11.4. The molecule has 0 saturated carbocycles. The second-order valence-electron chi connectivity index (χ2n) is 6.16. The third-order valence-corrected chi connectivity index (χ3v) is 5.41. The minimum Gasteiger partial charge on any atom is -0.324 e. The van der Waals surface area contributed by atoms with Crippen LogP contribution in [0.1, 0.15) is 35.7 Å². The Morgan fingerprint density at radius 3 is 2.12 bits per heavy atom. The Morgan fingerprint density at radius 2 is 1.58 bits per heavy atom. The van der Waals surface area contributed by atoms with Crippen molar-refractivity contribution in [3.8, 4) is 0 Å². The summed E-state index contributed by atoms with van der Waals surface area (Å²) in [5, 5.41) is 4.85. The largest absolute Gasteiger partial charge is 0.324 e. The zero-order chi connectivity index (χ0) is 17.4. The van der Waals surface area contributed by atoms with Crippen LogP contribution in [0, 0.1) is 0 Å². The van der Waals surface area contributed by atoms with Gasteiger partial charge in [-0.25, -0.2) is 0 Å². The fraction of sp³-hybridized carbons (Fsp3) is 0.300. The molecule has 2 aromatic rings. The van der Waals surface area contributed by atoms with Gasteiger partial charge in [-0.15, -0.1) is 0 Å². The van der Waals surface area contributed by atoms with E-state index in [1.807, 2.05) is 36.4 Å². The Morgan fingerprint density at radius 1 is 1.00 bits per heavy atom. The topological polar surface area (TPSA) is 32.7 Å². The Balaban J connectivity index is 2.11. The van der Waals surface area contributed by atoms with Crippen LogP contribution < -0.4 is 0 Å². The van der Waals surface area contributed by atoms with Gasteiger partial charge in [0.1, 0.15) is 0 Å². The molecule has 2 rings (SSSR count). The van der Waals surface area contributed by atoms with Crippen molar-refractivity contribution in [3.05, 3.63) is 71.8 Å². The van der Waals surface area contributed by atoms with E-state index in [1.165, 1.54) is 5.56 Å². The molecule has 0 aliphatic heterocycles. The van der Waals surface area contributed by atoms with Gasteiger partial charge in [0.2, 0.25) is 0 Å². The number of benzene rings is 2. The maximum atomic E-state index is 12.4. The lowest BCUT2D eigenvalue weighted by atomic mass is 10.0. The first-order valence-electron chi connectivity index (χ1n) is 8.55. The molecule has 3 nitrogen and oxygen atoms in total. The molecule has 0 aromatic heterocycles. The average Bonchev–Trinajstić information content (AvgIpc) is 2.61. The van der Waals surface area contributed by atoms with E-state index in [-0.39, 0.29) is 5.78 Å². The average molecular weight is 339 g/mol. The number of ketones is 1. The smallest absolute Gasteiger partial charge is 0.168 e.